The van der Waals surface area contributed by atoms with Crippen molar-refractivity contribution < 1.29 is 15.0 Å². The van der Waals surface area contributed by atoms with Gasteiger partial charge in [-0.05, 0) is 6.42 Å². The summed E-state index contributed by atoms with van der Waals surface area (Å²) in [5, 5.41) is 21.9. The van der Waals surface area contributed by atoms with E-state index >= 15 is 0 Å². The molecule has 0 heterocycles. The smallest absolute Gasteiger partial charge is 0.314 e. The summed E-state index contributed by atoms with van der Waals surface area (Å²) < 4.78 is 0. The summed E-state index contributed by atoms with van der Waals surface area (Å²) in [5.74, 6) is 0. The minimum absolute atomic E-state index is 0.0464. The second-order valence-corrected chi connectivity index (χ2v) is 2.12. The largest absolute Gasteiger partial charge is 0.396 e. The summed E-state index contributed by atoms with van der Waals surface area (Å²) >= 11 is 0. The van der Waals surface area contributed by atoms with Gasteiger partial charge in [0.25, 0.3) is 0 Å². The maximum absolute atomic E-state index is 10.6. The molecule has 0 aromatic carbocycles. The van der Waals surface area contributed by atoms with E-state index in [9.17, 15) is 4.79 Å². The lowest BCUT2D eigenvalue weighted by molar-refractivity contribution is 0.194. The normalized spacial score (nSPS) is 12.3. The van der Waals surface area contributed by atoms with E-state index in [4.69, 9.17) is 10.2 Å². The summed E-state index contributed by atoms with van der Waals surface area (Å²) in [5.41, 5.74) is 0. The van der Waals surface area contributed by atoms with E-state index < -0.39 is 0 Å². The van der Waals surface area contributed by atoms with Crippen LogP contribution in [0.2, 0.25) is 0 Å². The van der Waals surface area contributed by atoms with Crippen LogP contribution in [0.25, 0.3) is 0 Å². The monoisotopic (exact) mass is 162 g/mol. The predicted octanol–water partition coefficient (Wildman–Crippen LogP) is -1.34. The van der Waals surface area contributed by atoms with E-state index in [1.54, 1.807) is 0 Å². The maximum atomic E-state index is 10.6. The Labute approximate surface area is 65.4 Å². The van der Waals surface area contributed by atoms with Gasteiger partial charge in [-0.25, -0.2) is 4.79 Å². The van der Waals surface area contributed by atoms with Gasteiger partial charge in [0.15, 0.2) is 0 Å². The number of rotatable bonds is 4. The van der Waals surface area contributed by atoms with Crippen LogP contribution in [-0.4, -0.2) is 42.5 Å². The van der Waals surface area contributed by atoms with Crippen molar-refractivity contribution in [3.63, 3.8) is 0 Å². The Hall–Kier alpha value is -0.810. The van der Waals surface area contributed by atoms with Crippen LogP contribution in [-0.2, 0) is 0 Å². The van der Waals surface area contributed by atoms with Gasteiger partial charge in [0, 0.05) is 13.7 Å². The number of aliphatic hydroxyl groups is 2. The number of nitrogens with one attached hydrogen (secondary N) is 2. The maximum Gasteiger partial charge on any atom is 0.314 e. The van der Waals surface area contributed by atoms with Gasteiger partial charge < -0.3 is 20.8 Å². The quantitative estimate of drug-likeness (QED) is 0.413. The molecule has 0 saturated carbocycles. The first-order valence-electron chi connectivity index (χ1n) is 3.44. The van der Waals surface area contributed by atoms with Crippen molar-refractivity contribution in [3.05, 3.63) is 0 Å². The molecule has 0 bridgehead atoms. The van der Waals surface area contributed by atoms with Gasteiger partial charge in [0.05, 0.1) is 12.6 Å². The molecule has 0 aromatic rings. The Morgan fingerprint density at radius 2 is 2.18 bits per heavy atom. The van der Waals surface area contributed by atoms with Crippen LogP contribution < -0.4 is 10.6 Å². The van der Waals surface area contributed by atoms with Gasteiger partial charge in [0.1, 0.15) is 0 Å². The number of carbonyl (C=O) groups is 1. The van der Waals surface area contributed by atoms with Crippen LogP contribution in [0.4, 0.5) is 4.79 Å². The molecule has 5 heteroatoms. The van der Waals surface area contributed by atoms with Crippen molar-refractivity contribution >= 4 is 6.03 Å². The fourth-order valence-electron chi connectivity index (χ4n) is 0.623. The van der Waals surface area contributed by atoms with Crippen LogP contribution in [0.3, 0.4) is 0 Å². The first kappa shape index (κ1) is 10.2. The second kappa shape index (κ2) is 5.94. The Kier molecular flexibility index (Phi) is 5.50. The van der Waals surface area contributed by atoms with E-state index in [0.717, 1.165) is 0 Å². The molecule has 0 spiro atoms. The first-order valence-corrected chi connectivity index (χ1v) is 3.44. The van der Waals surface area contributed by atoms with Gasteiger partial charge >= 0.3 is 6.03 Å². The van der Waals surface area contributed by atoms with Gasteiger partial charge in [-0.1, -0.05) is 0 Å². The van der Waals surface area contributed by atoms with Crippen molar-refractivity contribution in [2.75, 3.05) is 20.3 Å². The lowest BCUT2D eigenvalue weighted by Gasteiger charge is -2.13. The Morgan fingerprint density at radius 1 is 1.55 bits per heavy atom. The summed E-state index contributed by atoms with van der Waals surface area (Å²) in [7, 11) is 1.49. The molecule has 1 atom stereocenters. The lowest BCUT2D eigenvalue weighted by atomic mass is 10.2. The standard InChI is InChI=1S/C6H14N2O3/c1-7-6(11)8-5(4-10)2-3-9/h5,9-10H,2-4H2,1H3,(H2,7,8,11)/t5-/m1/s1. The average molecular weight is 162 g/mol. The number of hydrogen-bond donors (Lipinski definition) is 4. The van der Waals surface area contributed by atoms with Crippen LogP contribution in [0.1, 0.15) is 6.42 Å². The van der Waals surface area contributed by atoms with Crippen LogP contribution in [0.5, 0.6) is 0 Å². The molecule has 0 unspecified atom stereocenters. The molecule has 0 aliphatic heterocycles. The summed E-state index contributed by atoms with van der Waals surface area (Å²) in [6.45, 7) is -0.205. The van der Waals surface area contributed by atoms with Crippen LogP contribution in [0.15, 0.2) is 0 Å². The van der Waals surface area contributed by atoms with Crippen molar-refractivity contribution in [1.29, 1.82) is 0 Å². The summed E-state index contributed by atoms with van der Waals surface area (Å²) in [4.78, 5) is 10.6. The Bertz CT molecular complexity index is 118. The summed E-state index contributed by atoms with van der Waals surface area (Å²) in [6, 6.07) is -0.711. The zero-order valence-corrected chi connectivity index (χ0v) is 6.50. The second-order valence-electron chi connectivity index (χ2n) is 2.12. The molecule has 0 radical (unpaired) electrons. The van der Waals surface area contributed by atoms with E-state index in [1.165, 1.54) is 7.05 Å². The third kappa shape index (κ3) is 4.58. The van der Waals surface area contributed by atoms with Crippen molar-refractivity contribution in [3.8, 4) is 0 Å². The van der Waals surface area contributed by atoms with Gasteiger partial charge in [-0.3, -0.25) is 0 Å². The molecule has 0 aliphatic carbocycles. The van der Waals surface area contributed by atoms with E-state index in [-0.39, 0.29) is 25.3 Å². The van der Waals surface area contributed by atoms with Crippen molar-refractivity contribution in [1.82, 2.24) is 10.6 Å². The van der Waals surface area contributed by atoms with Gasteiger partial charge in [-0.15, -0.1) is 0 Å². The number of hydrogen-bond acceptors (Lipinski definition) is 3. The molecule has 0 aromatic heterocycles. The van der Waals surface area contributed by atoms with Crippen molar-refractivity contribution in [2.24, 2.45) is 0 Å². The lowest BCUT2D eigenvalue weighted by Crippen LogP contribution is -2.42. The minimum atomic E-state index is -0.361. The number of amides is 2. The van der Waals surface area contributed by atoms with Gasteiger partial charge in [-0.2, -0.15) is 0 Å². The minimum Gasteiger partial charge on any atom is -0.396 e. The first-order chi connectivity index (χ1) is 5.24. The molecule has 2 amide bonds. The van der Waals surface area contributed by atoms with Crippen molar-refractivity contribution in [2.45, 2.75) is 12.5 Å². The fraction of sp³-hybridized carbons (Fsp3) is 0.833. The molecular formula is C6H14N2O3. The molecule has 5 nitrogen and oxygen atoms in total. The predicted molar refractivity (Wildman–Crippen MR) is 40.2 cm³/mol. The van der Waals surface area contributed by atoms with Crippen LogP contribution in [0, 0.1) is 0 Å². The van der Waals surface area contributed by atoms with E-state index in [2.05, 4.69) is 10.6 Å². The molecule has 0 aliphatic rings. The highest BCUT2D eigenvalue weighted by molar-refractivity contribution is 5.73. The number of aliphatic hydroxyl groups excluding tert-OH is 2. The Morgan fingerprint density at radius 3 is 2.55 bits per heavy atom. The zero-order chi connectivity index (χ0) is 8.69. The molecule has 0 fully saturated rings. The molecule has 66 valence electrons. The average Bonchev–Trinajstić information content (AvgIpc) is 2.03. The van der Waals surface area contributed by atoms with E-state index in [0.29, 0.717) is 6.42 Å². The molecule has 0 saturated heterocycles. The molecule has 11 heavy (non-hydrogen) atoms. The Balaban J connectivity index is 3.58. The molecule has 4 N–H and O–H groups in total. The third-order valence-electron chi connectivity index (χ3n) is 1.26. The molecular weight excluding hydrogens is 148 g/mol. The highest BCUT2D eigenvalue weighted by Crippen LogP contribution is 1.88. The third-order valence-corrected chi connectivity index (χ3v) is 1.26. The van der Waals surface area contributed by atoms with Gasteiger partial charge in [0.2, 0.25) is 0 Å². The zero-order valence-electron chi connectivity index (χ0n) is 6.50. The van der Waals surface area contributed by atoms with Crippen LogP contribution >= 0.6 is 0 Å². The highest BCUT2D eigenvalue weighted by atomic mass is 16.3. The number of carbonyl (C=O) groups excluding carboxylic acids is 1. The molecule has 0 rings (SSSR count). The highest BCUT2D eigenvalue weighted by Gasteiger charge is 2.07. The fourth-order valence-corrected chi connectivity index (χ4v) is 0.623. The number of urea groups is 1. The topological polar surface area (TPSA) is 81.6 Å². The SMILES string of the molecule is CNC(=O)N[C@@H](CO)CCO. The summed E-state index contributed by atoms with van der Waals surface area (Å²) in [6.07, 6.45) is 0.365. The van der Waals surface area contributed by atoms with E-state index in [1.807, 2.05) is 0 Å².